The fraction of sp³-hybridized carbons (Fsp3) is 0.0714. The van der Waals surface area contributed by atoms with Crippen LogP contribution in [0.3, 0.4) is 0 Å². The number of hydrogen-bond donors (Lipinski definition) is 1. The molecule has 2 aromatic carbocycles. The first-order valence-corrected chi connectivity index (χ1v) is 5.82. The van der Waals surface area contributed by atoms with Crippen LogP contribution in [0.1, 0.15) is 15.9 Å². The molecule has 2 rings (SSSR count). The van der Waals surface area contributed by atoms with E-state index in [4.69, 9.17) is 11.6 Å². The summed E-state index contributed by atoms with van der Waals surface area (Å²) in [5.41, 5.74) is 1.59. The molecule has 0 heterocycles. The monoisotopic (exact) mass is 261 g/mol. The topological polar surface area (TPSA) is 40.5 Å². The molecule has 1 N–H and O–H groups in total. The molecule has 0 saturated carbocycles. The van der Waals surface area contributed by atoms with Gasteiger partial charge in [-0.2, -0.15) is 5.06 Å². The van der Waals surface area contributed by atoms with Gasteiger partial charge >= 0.3 is 0 Å². The summed E-state index contributed by atoms with van der Waals surface area (Å²) >= 11 is 5.97. The maximum absolute atomic E-state index is 12.0. The molecule has 0 unspecified atom stereocenters. The van der Waals surface area contributed by atoms with Crippen molar-refractivity contribution in [3.63, 3.8) is 0 Å². The van der Waals surface area contributed by atoms with Crippen LogP contribution in [-0.2, 0) is 0 Å². The second-order valence-electron chi connectivity index (χ2n) is 3.94. The largest absolute Gasteiger partial charge is 0.282 e. The Hall–Kier alpha value is -1.84. The van der Waals surface area contributed by atoms with Crippen LogP contribution in [0.5, 0.6) is 0 Å². The highest BCUT2D eigenvalue weighted by Gasteiger charge is 2.17. The van der Waals surface area contributed by atoms with Gasteiger partial charge < -0.3 is 0 Å². The van der Waals surface area contributed by atoms with E-state index in [1.807, 2.05) is 13.0 Å². The number of anilines is 1. The maximum Gasteiger partial charge on any atom is 0.282 e. The van der Waals surface area contributed by atoms with Gasteiger partial charge in [0.2, 0.25) is 0 Å². The van der Waals surface area contributed by atoms with Gasteiger partial charge in [0.1, 0.15) is 0 Å². The van der Waals surface area contributed by atoms with Crippen LogP contribution in [0, 0.1) is 6.92 Å². The summed E-state index contributed by atoms with van der Waals surface area (Å²) in [6, 6.07) is 13.7. The van der Waals surface area contributed by atoms with E-state index in [0.29, 0.717) is 15.6 Å². The van der Waals surface area contributed by atoms with E-state index in [-0.39, 0.29) is 5.69 Å². The minimum atomic E-state index is -0.511. The number of benzene rings is 2. The molecule has 4 heteroatoms. The lowest BCUT2D eigenvalue weighted by molar-refractivity contribution is 0.0855. The lowest BCUT2D eigenvalue weighted by Crippen LogP contribution is -2.27. The Labute approximate surface area is 110 Å². The summed E-state index contributed by atoms with van der Waals surface area (Å²) in [4.78, 5) is 12.0. The molecule has 1 amide bonds. The van der Waals surface area contributed by atoms with Gasteiger partial charge in [-0.05, 0) is 36.8 Å². The van der Waals surface area contributed by atoms with Gasteiger partial charge in [0.25, 0.3) is 5.91 Å². The minimum absolute atomic E-state index is 0.283. The Morgan fingerprint density at radius 3 is 2.50 bits per heavy atom. The van der Waals surface area contributed by atoms with Crippen molar-refractivity contribution in [3.8, 4) is 0 Å². The molecule has 0 bridgehead atoms. The van der Waals surface area contributed by atoms with Crippen molar-refractivity contribution in [3.05, 3.63) is 64.7 Å². The van der Waals surface area contributed by atoms with Crippen LogP contribution >= 0.6 is 11.6 Å². The highest BCUT2D eigenvalue weighted by atomic mass is 35.5. The van der Waals surface area contributed by atoms with Crippen molar-refractivity contribution in [1.82, 2.24) is 0 Å². The predicted octanol–water partition coefficient (Wildman–Crippen LogP) is 3.68. The van der Waals surface area contributed by atoms with Crippen molar-refractivity contribution in [2.75, 3.05) is 5.06 Å². The molecule has 0 aliphatic rings. The minimum Gasteiger partial charge on any atom is -0.281 e. The zero-order valence-corrected chi connectivity index (χ0v) is 10.6. The van der Waals surface area contributed by atoms with Gasteiger partial charge in [0.15, 0.2) is 0 Å². The quantitative estimate of drug-likeness (QED) is 0.662. The summed E-state index contributed by atoms with van der Waals surface area (Å²) in [7, 11) is 0. The van der Waals surface area contributed by atoms with Crippen LogP contribution < -0.4 is 5.06 Å². The Morgan fingerprint density at radius 1 is 1.17 bits per heavy atom. The van der Waals surface area contributed by atoms with Crippen molar-refractivity contribution in [1.29, 1.82) is 0 Å². The van der Waals surface area contributed by atoms with E-state index in [9.17, 15) is 10.0 Å². The van der Waals surface area contributed by atoms with E-state index in [1.54, 1.807) is 42.5 Å². The van der Waals surface area contributed by atoms with Crippen molar-refractivity contribution in [2.45, 2.75) is 6.92 Å². The molecule has 2 aromatic rings. The van der Waals surface area contributed by atoms with Crippen molar-refractivity contribution < 1.29 is 10.0 Å². The van der Waals surface area contributed by atoms with E-state index < -0.39 is 5.91 Å². The molecule has 0 aliphatic carbocycles. The Kier molecular flexibility index (Phi) is 3.65. The smallest absolute Gasteiger partial charge is 0.281 e. The van der Waals surface area contributed by atoms with Gasteiger partial charge in [-0.25, -0.2) is 0 Å². The third-order valence-corrected chi connectivity index (χ3v) is 2.86. The number of carbonyl (C=O) groups excluding carboxylic acids is 1. The number of hydrogen-bond acceptors (Lipinski definition) is 2. The van der Waals surface area contributed by atoms with Crippen molar-refractivity contribution >= 4 is 23.2 Å². The number of carbonyl (C=O) groups is 1. The first-order valence-electron chi connectivity index (χ1n) is 5.44. The van der Waals surface area contributed by atoms with Crippen LogP contribution in [0.2, 0.25) is 5.02 Å². The summed E-state index contributed by atoms with van der Waals surface area (Å²) in [5.74, 6) is -0.511. The van der Waals surface area contributed by atoms with E-state index >= 15 is 0 Å². The van der Waals surface area contributed by atoms with E-state index in [1.165, 1.54) is 0 Å². The van der Waals surface area contributed by atoms with Gasteiger partial charge in [-0.1, -0.05) is 35.9 Å². The van der Waals surface area contributed by atoms with E-state index in [0.717, 1.165) is 5.56 Å². The Morgan fingerprint density at radius 2 is 1.83 bits per heavy atom. The zero-order valence-electron chi connectivity index (χ0n) is 9.80. The number of hydroxylamine groups is 1. The van der Waals surface area contributed by atoms with E-state index in [2.05, 4.69) is 0 Å². The van der Waals surface area contributed by atoms with Crippen LogP contribution in [-0.4, -0.2) is 11.1 Å². The number of rotatable bonds is 2. The lowest BCUT2D eigenvalue weighted by atomic mass is 10.2. The maximum atomic E-state index is 12.0. The summed E-state index contributed by atoms with van der Waals surface area (Å²) in [6.45, 7) is 1.86. The number of aryl methyl sites for hydroxylation is 1. The van der Waals surface area contributed by atoms with Crippen LogP contribution in [0.25, 0.3) is 0 Å². The third kappa shape index (κ3) is 2.53. The highest BCUT2D eigenvalue weighted by Crippen LogP contribution is 2.26. The summed E-state index contributed by atoms with van der Waals surface area (Å²) < 4.78 is 0. The average Bonchev–Trinajstić information content (AvgIpc) is 2.41. The second-order valence-corrected chi connectivity index (χ2v) is 4.35. The molecule has 0 saturated heterocycles. The molecule has 0 aromatic heterocycles. The molecule has 0 aliphatic heterocycles. The molecule has 0 radical (unpaired) electrons. The zero-order chi connectivity index (χ0) is 13.1. The molecule has 3 nitrogen and oxygen atoms in total. The molecular formula is C14H12ClNO2. The fourth-order valence-corrected chi connectivity index (χ4v) is 1.80. The van der Waals surface area contributed by atoms with Gasteiger partial charge in [0.05, 0.1) is 10.7 Å². The highest BCUT2D eigenvalue weighted by molar-refractivity contribution is 6.34. The number of nitrogens with zero attached hydrogens (tertiary/aromatic N) is 1. The first kappa shape index (κ1) is 12.6. The second kappa shape index (κ2) is 5.21. The van der Waals surface area contributed by atoms with Gasteiger partial charge in [-0.3, -0.25) is 10.0 Å². The Bertz CT molecular complexity index is 569. The average molecular weight is 262 g/mol. The summed E-state index contributed by atoms with van der Waals surface area (Å²) in [5, 5.41) is 10.8. The normalized spacial score (nSPS) is 10.2. The van der Waals surface area contributed by atoms with Crippen molar-refractivity contribution in [2.24, 2.45) is 0 Å². The molecule has 18 heavy (non-hydrogen) atoms. The third-order valence-electron chi connectivity index (χ3n) is 2.54. The van der Waals surface area contributed by atoms with Crippen LogP contribution in [0.4, 0.5) is 5.69 Å². The molecule has 0 spiro atoms. The van der Waals surface area contributed by atoms with Gasteiger partial charge in [-0.15, -0.1) is 0 Å². The number of amides is 1. The fourth-order valence-electron chi connectivity index (χ4n) is 1.60. The van der Waals surface area contributed by atoms with Crippen LogP contribution in [0.15, 0.2) is 48.5 Å². The predicted molar refractivity (Wildman–Crippen MR) is 71.2 cm³/mol. The molecule has 92 valence electrons. The standard InChI is InChI=1S/C14H12ClNO2/c1-10-7-8-12(15)13(9-10)16(18)14(17)11-5-3-2-4-6-11/h2-9,18H,1H3. The van der Waals surface area contributed by atoms with Gasteiger partial charge in [0, 0.05) is 5.56 Å². The summed E-state index contributed by atoms with van der Waals surface area (Å²) in [6.07, 6.45) is 0. The molecular weight excluding hydrogens is 250 g/mol. The Balaban J connectivity index is 2.34. The number of halogens is 1. The molecule has 0 atom stereocenters. The lowest BCUT2D eigenvalue weighted by Gasteiger charge is -2.16. The molecule has 0 fully saturated rings. The SMILES string of the molecule is Cc1ccc(Cl)c(N(O)C(=O)c2ccccc2)c1. The first-order chi connectivity index (χ1) is 8.59.